The van der Waals surface area contributed by atoms with Gasteiger partial charge in [-0.1, -0.05) is 136 Å². The molecule has 2 N–H and O–H groups in total. The molecule has 33 heavy (non-hydrogen) atoms. The predicted molar refractivity (Wildman–Crippen MR) is 147 cm³/mol. The summed E-state index contributed by atoms with van der Waals surface area (Å²) in [6.07, 6.45) is 29.4. The number of hydrogen-bond acceptors (Lipinski definition) is 3. The van der Waals surface area contributed by atoms with Crippen LogP contribution in [0.3, 0.4) is 0 Å². The largest absolute Gasteiger partial charge is 0.395 e. The number of rotatable bonds is 26. The highest BCUT2D eigenvalue weighted by Crippen LogP contribution is 2.14. The smallest absolute Gasteiger partial charge is 0.0898 e. The first-order valence-corrected chi connectivity index (χ1v) is 14.9. The zero-order valence-corrected chi connectivity index (χ0v) is 22.9. The minimum Gasteiger partial charge on any atom is -0.395 e. The Hall–Kier alpha value is -0.380. The Morgan fingerprint density at radius 1 is 0.576 bits per heavy atom. The molecule has 0 spiro atoms. The molecule has 198 valence electrons. The molecule has 0 radical (unpaired) electrons. The fraction of sp³-hybridized carbons (Fsp3) is 0.933. The molecule has 0 saturated heterocycles. The normalized spacial score (nSPS) is 13.9. The maximum Gasteiger partial charge on any atom is 0.0898 e. The molecule has 0 aliphatic rings. The molecule has 0 saturated carbocycles. The topological polar surface area (TPSA) is 43.7 Å². The molecule has 0 aromatic heterocycles. The molecule has 0 aromatic carbocycles. The van der Waals surface area contributed by atoms with Crippen LogP contribution in [-0.2, 0) is 0 Å². The average Bonchev–Trinajstić information content (AvgIpc) is 2.82. The first-order valence-electron chi connectivity index (χ1n) is 14.9. The van der Waals surface area contributed by atoms with E-state index in [0.717, 1.165) is 32.4 Å². The van der Waals surface area contributed by atoms with E-state index in [-0.39, 0.29) is 12.6 Å². The van der Waals surface area contributed by atoms with E-state index in [0.29, 0.717) is 0 Å². The zero-order chi connectivity index (χ0) is 24.4. The fourth-order valence-corrected chi connectivity index (χ4v) is 4.66. The Morgan fingerprint density at radius 3 is 1.39 bits per heavy atom. The van der Waals surface area contributed by atoms with Crippen LogP contribution in [-0.4, -0.2) is 47.0 Å². The zero-order valence-electron chi connectivity index (χ0n) is 22.9. The first kappa shape index (κ1) is 32.6. The van der Waals surface area contributed by atoms with Crippen LogP contribution >= 0.6 is 0 Å². The van der Waals surface area contributed by atoms with E-state index in [1.807, 2.05) is 6.08 Å². The monoisotopic (exact) mass is 467 g/mol. The van der Waals surface area contributed by atoms with Crippen LogP contribution in [0.4, 0.5) is 0 Å². The van der Waals surface area contributed by atoms with Gasteiger partial charge in [-0.15, -0.1) is 0 Å². The summed E-state index contributed by atoms with van der Waals surface area (Å²) in [5, 5.41) is 20.8. The van der Waals surface area contributed by atoms with Crippen molar-refractivity contribution in [1.82, 2.24) is 4.90 Å². The van der Waals surface area contributed by atoms with Gasteiger partial charge >= 0.3 is 0 Å². The Balaban J connectivity index is 4.13. The second kappa shape index (κ2) is 26.2. The van der Waals surface area contributed by atoms with Gasteiger partial charge in [0.25, 0.3) is 0 Å². The van der Waals surface area contributed by atoms with E-state index in [1.165, 1.54) is 109 Å². The summed E-state index contributed by atoms with van der Waals surface area (Å²) in [6, 6.07) is -0.165. The standard InChI is InChI=1S/C30H61NO2/c1-4-7-10-13-14-15-16-17-18-19-20-21-22-25-30(33)29(28-32)31(26-23-11-8-5-2)27-24-12-9-6-3/h22,25,29-30,32-33H,4-21,23-24,26-28H2,1-3H3/b25-22+/t29?,30-/m1/s1. The highest BCUT2D eigenvalue weighted by molar-refractivity contribution is 4.96. The van der Waals surface area contributed by atoms with Gasteiger partial charge in [0.05, 0.1) is 18.8 Å². The van der Waals surface area contributed by atoms with Crippen molar-refractivity contribution in [2.45, 2.75) is 161 Å². The lowest BCUT2D eigenvalue weighted by Gasteiger charge is -2.33. The SMILES string of the molecule is CCCCCCCCCCCCC/C=C/[C@@H](O)C(CO)N(CCCCCC)CCCCCC. The second-order valence-corrected chi connectivity index (χ2v) is 10.2. The number of nitrogens with zero attached hydrogens (tertiary/aromatic N) is 1. The van der Waals surface area contributed by atoms with E-state index < -0.39 is 6.10 Å². The van der Waals surface area contributed by atoms with Gasteiger partial charge in [-0.2, -0.15) is 0 Å². The summed E-state index contributed by atoms with van der Waals surface area (Å²) in [6.45, 7) is 8.76. The van der Waals surface area contributed by atoms with Gasteiger partial charge in [0, 0.05) is 0 Å². The maximum atomic E-state index is 10.8. The van der Waals surface area contributed by atoms with Gasteiger partial charge in [-0.25, -0.2) is 0 Å². The van der Waals surface area contributed by atoms with Gasteiger partial charge in [0.2, 0.25) is 0 Å². The molecule has 3 heteroatoms. The molecular formula is C30H61NO2. The van der Waals surface area contributed by atoms with E-state index in [4.69, 9.17) is 0 Å². The number of hydrogen-bond donors (Lipinski definition) is 2. The molecule has 3 nitrogen and oxygen atoms in total. The van der Waals surface area contributed by atoms with Crippen LogP contribution < -0.4 is 0 Å². The molecule has 0 amide bonds. The predicted octanol–water partition coefficient (Wildman–Crippen LogP) is 8.43. The number of aliphatic hydroxyl groups excluding tert-OH is 2. The summed E-state index contributed by atoms with van der Waals surface area (Å²) in [5.41, 5.74) is 0. The van der Waals surface area contributed by atoms with E-state index in [2.05, 4.69) is 31.7 Å². The van der Waals surface area contributed by atoms with E-state index >= 15 is 0 Å². The molecule has 0 aliphatic heterocycles. The molecule has 0 aliphatic carbocycles. The molecule has 0 rings (SSSR count). The van der Waals surface area contributed by atoms with Crippen LogP contribution in [0.15, 0.2) is 12.2 Å². The minimum absolute atomic E-state index is 0.0332. The van der Waals surface area contributed by atoms with Gasteiger partial charge in [-0.05, 0) is 38.8 Å². The van der Waals surface area contributed by atoms with Crippen LogP contribution in [0.25, 0.3) is 0 Å². The van der Waals surface area contributed by atoms with Crippen molar-refractivity contribution >= 4 is 0 Å². The van der Waals surface area contributed by atoms with Crippen LogP contribution in [0.5, 0.6) is 0 Å². The number of aliphatic hydroxyl groups is 2. The molecule has 0 bridgehead atoms. The third-order valence-electron chi connectivity index (χ3n) is 6.96. The fourth-order valence-electron chi connectivity index (χ4n) is 4.66. The molecule has 0 fully saturated rings. The van der Waals surface area contributed by atoms with E-state index in [1.54, 1.807) is 0 Å². The van der Waals surface area contributed by atoms with Crippen molar-refractivity contribution in [3.8, 4) is 0 Å². The molecule has 1 unspecified atom stereocenters. The van der Waals surface area contributed by atoms with E-state index in [9.17, 15) is 10.2 Å². The third-order valence-corrected chi connectivity index (χ3v) is 6.96. The highest BCUT2D eigenvalue weighted by Gasteiger charge is 2.23. The summed E-state index contributed by atoms with van der Waals surface area (Å²) in [5.74, 6) is 0. The third kappa shape index (κ3) is 20.7. The van der Waals surface area contributed by atoms with Crippen molar-refractivity contribution in [1.29, 1.82) is 0 Å². The Labute approximate surface area is 208 Å². The van der Waals surface area contributed by atoms with Crippen LogP contribution in [0, 0.1) is 0 Å². The average molecular weight is 468 g/mol. The minimum atomic E-state index is -0.569. The quantitative estimate of drug-likeness (QED) is 0.0990. The number of unbranched alkanes of at least 4 members (excludes halogenated alkanes) is 17. The van der Waals surface area contributed by atoms with Gasteiger partial charge in [-0.3, -0.25) is 4.90 Å². The molecule has 0 heterocycles. The van der Waals surface area contributed by atoms with Crippen molar-refractivity contribution in [2.24, 2.45) is 0 Å². The second-order valence-electron chi connectivity index (χ2n) is 10.2. The van der Waals surface area contributed by atoms with Gasteiger partial charge < -0.3 is 10.2 Å². The lowest BCUT2D eigenvalue weighted by molar-refractivity contribution is 0.0369. The Kier molecular flexibility index (Phi) is 25.9. The van der Waals surface area contributed by atoms with Crippen molar-refractivity contribution in [3.63, 3.8) is 0 Å². The summed E-state index contributed by atoms with van der Waals surface area (Å²) in [4.78, 5) is 2.35. The summed E-state index contributed by atoms with van der Waals surface area (Å²) in [7, 11) is 0. The van der Waals surface area contributed by atoms with Gasteiger partial charge in [0.15, 0.2) is 0 Å². The molecule has 2 atom stereocenters. The first-order chi connectivity index (χ1) is 16.2. The van der Waals surface area contributed by atoms with Crippen molar-refractivity contribution in [3.05, 3.63) is 12.2 Å². The van der Waals surface area contributed by atoms with Crippen LogP contribution in [0.2, 0.25) is 0 Å². The summed E-state index contributed by atoms with van der Waals surface area (Å²) < 4.78 is 0. The van der Waals surface area contributed by atoms with Crippen molar-refractivity contribution in [2.75, 3.05) is 19.7 Å². The lowest BCUT2D eigenvalue weighted by Crippen LogP contribution is -2.46. The molecule has 0 aromatic rings. The maximum absolute atomic E-state index is 10.8. The van der Waals surface area contributed by atoms with Gasteiger partial charge in [0.1, 0.15) is 0 Å². The summed E-state index contributed by atoms with van der Waals surface area (Å²) >= 11 is 0. The highest BCUT2D eigenvalue weighted by atomic mass is 16.3. The number of allylic oxidation sites excluding steroid dienone is 1. The molecular weight excluding hydrogens is 406 g/mol. The van der Waals surface area contributed by atoms with Crippen LogP contribution in [0.1, 0.15) is 149 Å². The Morgan fingerprint density at radius 2 is 0.970 bits per heavy atom. The lowest BCUT2D eigenvalue weighted by atomic mass is 10.0. The van der Waals surface area contributed by atoms with Crippen molar-refractivity contribution < 1.29 is 10.2 Å². The Bertz CT molecular complexity index is 387.